The smallest absolute Gasteiger partial charge is 0.270 e. The van der Waals surface area contributed by atoms with Crippen LogP contribution in [0.1, 0.15) is 28.7 Å². The van der Waals surface area contributed by atoms with Gasteiger partial charge in [-0.25, -0.2) is 4.98 Å². The molecule has 1 aliphatic rings. The first-order valence-corrected chi connectivity index (χ1v) is 8.06. The van der Waals surface area contributed by atoms with Gasteiger partial charge in [0.2, 0.25) is 0 Å². The van der Waals surface area contributed by atoms with Gasteiger partial charge in [-0.1, -0.05) is 0 Å². The molecule has 0 aliphatic carbocycles. The minimum absolute atomic E-state index is 0.00264. The number of amides is 1. The summed E-state index contributed by atoms with van der Waals surface area (Å²) in [6.07, 6.45) is 1.94. The van der Waals surface area contributed by atoms with E-state index in [1.165, 1.54) is 0 Å². The van der Waals surface area contributed by atoms with Crippen molar-refractivity contribution in [3.8, 4) is 0 Å². The van der Waals surface area contributed by atoms with Gasteiger partial charge in [-0.2, -0.15) is 0 Å². The van der Waals surface area contributed by atoms with Gasteiger partial charge in [-0.3, -0.25) is 9.20 Å². The van der Waals surface area contributed by atoms with E-state index in [2.05, 4.69) is 15.2 Å². The number of aryl methyl sites for hydroxylation is 2. The Morgan fingerprint density at radius 3 is 2.96 bits per heavy atom. The van der Waals surface area contributed by atoms with Crippen molar-refractivity contribution < 1.29 is 9.53 Å². The van der Waals surface area contributed by atoms with Crippen molar-refractivity contribution in [2.24, 2.45) is 0 Å². The van der Waals surface area contributed by atoms with Crippen molar-refractivity contribution in [1.82, 2.24) is 19.6 Å². The molecule has 0 spiro atoms. The highest BCUT2D eigenvalue weighted by molar-refractivity contribution is 5.95. The molecule has 6 nitrogen and oxygen atoms in total. The molecule has 1 aliphatic heterocycles. The summed E-state index contributed by atoms with van der Waals surface area (Å²) in [5.41, 5.74) is 3.28. The predicted molar refractivity (Wildman–Crippen MR) is 88.8 cm³/mol. The Morgan fingerprint density at radius 2 is 2.22 bits per heavy atom. The Kier molecular flexibility index (Phi) is 4.37. The molecule has 0 saturated carbocycles. The molecule has 2 aromatic rings. The van der Waals surface area contributed by atoms with Crippen LogP contribution < -0.4 is 5.32 Å². The summed E-state index contributed by atoms with van der Waals surface area (Å²) < 4.78 is 7.61. The van der Waals surface area contributed by atoms with Gasteiger partial charge >= 0.3 is 0 Å². The number of carbonyl (C=O) groups excluding carboxylic acids is 1. The maximum Gasteiger partial charge on any atom is 0.270 e. The Bertz CT molecular complexity index is 725. The molecule has 1 amide bonds. The fourth-order valence-corrected chi connectivity index (χ4v) is 3.26. The Morgan fingerprint density at radius 1 is 1.43 bits per heavy atom. The molecule has 1 fully saturated rings. The van der Waals surface area contributed by atoms with Crippen molar-refractivity contribution in [3.05, 3.63) is 35.3 Å². The predicted octanol–water partition coefficient (Wildman–Crippen LogP) is 1.40. The van der Waals surface area contributed by atoms with Crippen LogP contribution in [0.4, 0.5) is 0 Å². The number of likely N-dealkylation sites (N-methyl/N-ethyl adjacent to an activating group) is 1. The van der Waals surface area contributed by atoms with Crippen molar-refractivity contribution in [1.29, 1.82) is 0 Å². The third-order valence-electron chi connectivity index (χ3n) is 4.32. The van der Waals surface area contributed by atoms with Crippen LogP contribution in [0.2, 0.25) is 0 Å². The number of pyridine rings is 1. The van der Waals surface area contributed by atoms with Crippen molar-refractivity contribution in [3.63, 3.8) is 0 Å². The number of hydrogen-bond donors (Lipinski definition) is 1. The van der Waals surface area contributed by atoms with Crippen LogP contribution in [0.5, 0.6) is 0 Å². The molecule has 0 radical (unpaired) electrons. The van der Waals surface area contributed by atoms with E-state index in [-0.39, 0.29) is 18.1 Å². The summed E-state index contributed by atoms with van der Waals surface area (Å²) in [6, 6.07) is 3.97. The summed E-state index contributed by atoms with van der Waals surface area (Å²) in [5.74, 6) is -0.0937. The highest BCUT2D eigenvalue weighted by Gasteiger charge is 2.33. The molecule has 124 valence electrons. The number of rotatable bonds is 4. The quantitative estimate of drug-likeness (QED) is 0.926. The molecular weight excluding hydrogens is 292 g/mol. The number of likely N-dealkylation sites (tertiary alicyclic amines) is 1. The monoisotopic (exact) mass is 316 g/mol. The second-order valence-electron chi connectivity index (χ2n) is 6.27. The summed E-state index contributed by atoms with van der Waals surface area (Å²) >= 11 is 0. The molecule has 3 heterocycles. The van der Waals surface area contributed by atoms with Crippen LogP contribution in [0, 0.1) is 13.8 Å². The number of nitrogens with one attached hydrogen (secondary N) is 1. The molecule has 0 unspecified atom stereocenters. The van der Waals surface area contributed by atoms with Crippen LogP contribution in [0.15, 0.2) is 18.3 Å². The number of fused-ring (bicyclic) bond motifs is 1. The lowest BCUT2D eigenvalue weighted by molar-refractivity contribution is 0.0511. The van der Waals surface area contributed by atoms with Crippen LogP contribution in [-0.2, 0) is 4.74 Å². The lowest BCUT2D eigenvalue weighted by Gasteiger charge is -2.19. The molecule has 0 bridgehead atoms. The largest absolute Gasteiger partial charge is 0.375 e. The van der Waals surface area contributed by atoms with E-state index in [0.717, 1.165) is 30.0 Å². The topological polar surface area (TPSA) is 58.9 Å². The van der Waals surface area contributed by atoms with Crippen LogP contribution in [0.3, 0.4) is 0 Å². The zero-order valence-corrected chi connectivity index (χ0v) is 14.2. The van der Waals surface area contributed by atoms with E-state index >= 15 is 0 Å². The lowest BCUT2D eigenvalue weighted by Crippen LogP contribution is -2.44. The summed E-state index contributed by atoms with van der Waals surface area (Å²) in [7, 11) is 2.04. The van der Waals surface area contributed by atoms with Crippen molar-refractivity contribution in [2.45, 2.75) is 32.9 Å². The average Bonchev–Trinajstić information content (AvgIpc) is 2.98. The minimum Gasteiger partial charge on any atom is -0.375 e. The van der Waals surface area contributed by atoms with Gasteiger partial charge in [0, 0.05) is 25.9 Å². The third kappa shape index (κ3) is 3.09. The Labute approximate surface area is 136 Å². The molecule has 2 aromatic heterocycles. The summed E-state index contributed by atoms with van der Waals surface area (Å²) in [6.45, 7) is 8.16. The molecule has 23 heavy (non-hydrogen) atoms. The number of imidazole rings is 1. The van der Waals surface area contributed by atoms with E-state index in [4.69, 9.17) is 4.74 Å². The van der Waals surface area contributed by atoms with Gasteiger partial charge in [0.25, 0.3) is 5.91 Å². The molecule has 1 saturated heterocycles. The number of aromatic nitrogens is 2. The van der Waals surface area contributed by atoms with Gasteiger partial charge in [0.1, 0.15) is 11.3 Å². The van der Waals surface area contributed by atoms with Gasteiger partial charge in [-0.15, -0.1) is 0 Å². The lowest BCUT2D eigenvalue weighted by atomic mass is 10.2. The van der Waals surface area contributed by atoms with E-state index in [9.17, 15) is 4.79 Å². The maximum atomic E-state index is 12.8. The number of ether oxygens (including phenoxy) is 1. The first-order chi connectivity index (χ1) is 11.0. The van der Waals surface area contributed by atoms with Gasteiger partial charge in [0.15, 0.2) is 0 Å². The number of carbonyl (C=O) groups is 1. The van der Waals surface area contributed by atoms with Crippen molar-refractivity contribution >= 4 is 11.6 Å². The van der Waals surface area contributed by atoms with Gasteiger partial charge in [-0.05, 0) is 45.5 Å². The second kappa shape index (κ2) is 6.29. The molecule has 6 heteroatoms. The highest BCUT2D eigenvalue weighted by atomic mass is 16.5. The Balaban J connectivity index is 1.85. The van der Waals surface area contributed by atoms with Crippen LogP contribution in [-0.4, -0.2) is 59.1 Å². The Hall–Kier alpha value is -1.92. The minimum atomic E-state index is -0.0937. The first kappa shape index (κ1) is 16.0. The molecule has 3 rings (SSSR count). The van der Waals surface area contributed by atoms with Gasteiger partial charge in [0.05, 0.1) is 17.8 Å². The standard InChI is InChI=1S/C17H24N4O2/c1-5-23-14-10-20(4)9-13(14)19-17(22)16-12(3)18-15-8-11(2)6-7-21(15)16/h6-8,13-14H,5,9-10H2,1-4H3,(H,19,22)/t13-,14-/m1/s1. The zero-order chi connectivity index (χ0) is 16.6. The fraction of sp³-hybridized carbons (Fsp3) is 0.529. The maximum absolute atomic E-state index is 12.8. The number of nitrogens with zero attached hydrogens (tertiary/aromatic N) is 3. The van der Waals surface area contributed by atoms with E-state index in [0.29, 0.717) is 12.3 Å². The fourth-order valence-electron chi connectivity index (χ4n) is 3.26. The van der Waals surface area contributed by atoms with Crippen LogP contribution in [0.25, 0.3) is 5.65 Å². The average molecular weight is 316 g/mol. The highest BCUT2D eigenvalue weighted by Crippen LogP contribution is 2.16. The zero-order valence-electron chi connectivity index (χ0n) is 14.2. The number of hydrogen-bond acceptors (Lipinski definition) is 4. The normalized spacial score (nSPS) is 21.9. The summed E-state index contributed by atoms with van der Waals surface area (Å²) in [5, 5.41) is 3.13. The van der Waals surface area contributed by atoms with Gasteiger partial charge < -0.3 is 15.0 Å². The van der Waals surface area contributed by atoms with E-state index < -0.39 is 0 Å². The third-order valence-corrected chi connectivity index (χ3v) is 4.32. The summed E-state index contributed by atoms with van der Waals surface area (Å²) in [4.78, 5) is 19.5. The first-order valence-electron chi connectivity index (χ1n) is 8.06. The van der Waals surface area contributed by atoms with E-state index in [1.807, 2.05) is 50.5 Å². The SMILES string of the molecule is CCO[C@@H]1CN(C)C[C@H]1NC(=O)c1c(C)nc2cc(C)ccn12. The molecule has 1 N–H and O–H groups in total. The van der Waals surface area contributed by atoms with Crippen molar-refractivity contribution in [2.75, 3.05) is 26.7 Å². The molecular formula is C17H24N4O2. The second-order valence-corrected chi connectivity index (χ2v) is 6.27. The molecule has 2 atom stereocenters. The van der Waals surface area contributed by atoms with E-state index in [1.54, 1.807) is 0 Å². The molecule has 0 aromatic carbocycles. The van der Waals surface area contributed by atoms with Crippen LogP contribution >= 0.6 is 0 Å².